The van der Waals surface area contributed by atoms with Gasteiger partial charge in [-0.05, 0) is 0 Å². The van der Waals surface area contributed by atoms with Crippen molar-refractivity contribution in [2.45, 2.75) is 5.16 Å². The summed E-state index contributed by atoms with van der Waals surface area (Å²) in [6, 6.07) is 0. The first-order valence-electron chi connectivity index (χ1n) is 3.15. The summed E-state index contributed by atoms with van der Waals surface area (Å²) in [6.45, 7) is 3.58. The molecule has 0 aliphatic rings. The van der Waals surface area contributed by atoms with Crippen LogP contribution >= 0.6 is 35.0 Å². The summed E-state index contributed by atoms with van der Waals surface area (Å²) in [5.74, 6) is 0.762. The Morgan fingerprint density at radius 1 is 1.58 bits per heavy atom. The molecule has 2 nitrogen and oxygen atoms in total. The fraction of sp³-hybridized carbons (Fsp3) is 0.143. The Balaban J connectivity index is 2.75. The zero-order valence-electron chi connectivity index (χ0n) is 6.13. The molecule has 0 saturated heterocycles. The standard InChI is InChI=1S/C7H6Cl2N2S/c1-2-3-12-7-10-4-5(8)6(9)11-7/h2,4H,1,3H2. The van der Waals surface area contributed by atoms with E-state index in [1.165, 1.54) is 18.0 Å². The van der Waals surface area contributed by atoms with Crippen molar-refractivity contribution < 1.29 is 0 Å². The van der Waals surface area contributed by atoms with Gasteiger partial charge in [-0.2, -0.15) is 0 Å². The van der Waals surface area contributed by atoms with Crippen molar-refractivity contribution in [1.82, 2.24) is 9.97 Å². The van der Waals surface area contributed by atoms with Crippen molar-refractivity contribution in [3.63, 3.8) is 0 Å². The van der Waals surface area contributed by atoms with Crippen molar-refractivity contribution in [2.75, 3.05) is 5.75 Å². The Labute approximate surface area is 85.0 Å². The lowest BCUT2D eigenvalue weighted by atomic mass is 10.7. The smallest absolute Gasteiger partial charge is 0.189 e. The van der Waals surface area contributed by atoms with Crippen LogP contribution < -0.4 is 0 Å². The highest BCUT2D eigenvalue weighted by Crippen LogP contribution is 2.21. The SMILES string of the molecule is C=CCSc1ncc(Cl)c(Cl)n1. The van der Waals surface area contributed by atoms with Crippen LogP contribution in [0.15, 0.2) is 24.0 Å². The first kappa shape index (κ1) is 9.84. The molecule has 12 heavy (non-hydrogen) atoms. The van der Waals surface area contributed by atoms with Gasteiger partial charge in [-0.3, -0.25) is 0 Å². The first-order valence-corrected chi connectivity index (χ1v) is 4.90. The molecule has 1 aromatic rings. The van der Waals surface area contributed by atoms with Crippen LogP contribution in [0.25, 0.3) is 0 Å². The summed E-state index contributed by atoms with van der Waals surface area (Å²) < 4.78 is 0. The van der Waals surface area contributed by atoms with Gasteiger partial charge < -0.3 is 0 Å². The highest BCUT2D eigenvalue weighted by molar-refractivity contribution is 7.99. The molecule has 0 amide bonds. The van der Waals surface area contributed by atoms with Crippen LogP contribution in [0.3, 0.4) is 0 Å². The van der Waals surface area contributed by atoms with E-state index in [1.54, 1.807) is 6.08 Å². The maximum Gasteiger partial charge on any atom is 0.189 e. The third kappa shape index (κ3) is 2.66. The molecule has 0 aliphatic carbocycles. The van der Waals surface area contributed by atoms with E-state index in [0.717, 1.165) is 5.75 Å². The van der Waals surface area contributed by atoms with E-state index >= 15 is 0 Å². The fourth-order valence-electron chi connectivity index (χ4n) is 0.534. The topological polar surface area (TPSA) is 25.8 Å². The van der Waals surface area contributed by atoms with Crippen LogP contribution in [0.4, 0.5) is 0 Å². The molecule has 1 aromatic heterocycles. The van der Waals surface area contributed by atoms with Gasteiger partial charge in [0.25, 0.3) is 0 Å². The van der Waals surface area contributed by atoms with Gasteiger partial charge in [-0.15, -0.1) is 6.58 Å². The average molecular weight is 221 g/mol. The Morgan fingerprint density at radius 3 is 2.92 bits per heavy atom. The molecule has 0 saturated carbocycles. The van der Waals surface area contributed by atoms with Crippen LogP contribution in [0.5, 0.6) is 0 Å². The lowest BCUT2D eigenvalue weighted by Crippen LogP contribution is -1.87. The van der Waals surface area contributed by atoms with Crippen LogP contribution in [0.2, 0.25) is 10.2 Å². The average Bonchev–Trinajstić information content (AvgIpc) is 2.07. The summed E-state index contributed by atoms with van der Waals surface area (Å²) >= 11 is 12.8. The number of thioether (sulfide) groups is 1. The highest BCUT2D eigenvalue weighted by Gasteiger charge is 2.01. The molecule has 0 atom stereocenters. The van der Waals surface area contributed by atoms with Gasteiger partial charge in [0.1, 0.15) is 0 Å². The molecule has 1 heterocycles. The molecule has 64 valence electrons. The third-order valence-corrected chi connectivity index (χ3v) is 2.53. The summed E-state index contributed by atoms with van der Waals surface area (Å²) in [5.41, 5.74) is 0. The molecule has 0 aromatic carbocycles. The lowest BCUT2D eigenvalue weighted by molar-refractivity contribution is 0.970. The number of hydrogen-bond donors (Lipinski definition) is 0. The van der Waals surface area contributed by atoms with Gasteiger partial charge in [0.15, 0.2) is 10.3 Å². The monoisotopic (exact) mass is 220 g/mol. The van der Waals surface area contributed by atoms with E-state index in [0.29, 0.717) is 15.3 Å². The van der Waals surface area contributed by atoms with Gasteiger partial charge in [0.2, 0.25) is 0 Å². The van der Waals surface area contributed by atoms with Crippen molar-refractivity contribution in [3.8, 4) is 0 Å². The molecule has 0 unspecified atom stereocenters. The quantitative estimate of drug-likeness (QED) is 0.339. The van der Waals surface area contributed by atoms with Gasteiger partial charge in [0, 0.05) is 5.75 Å². The number of halogens is 2. The minimum absolute atomic E-state index is 0.290. The van der Waals surface area contributed by atoms with Crippen LogP contribution in [0.1, 0.15) is 0 Å². The maximum atomic E-state index is 5.67. The van der Waals surface area contributed by atoms with Gasteiger partial charge >= 0.3 is 0 Å². The van der Waals surface area contributed by atoms with E-state index in [9.17, 15) is 0 Å². The molecular weight excluding hydrogens is 215 g/mol. The second-order valence-corrected chi connectivity index (χ2v) is 3.64. The van der Waals surface area contributed by atoms with Crippen molar-refractivity contribution in [1.29, 1.82) is 0 Å². The van der Waals surface area contributed by atoms with E-state index in [-0.39, 0.29) is 0 Å². The van der Waals surface area contributed by atoms with Crippen LogP contribution in [-0.4, -0.2) is 15.7 Å². The van der Waals surface area contributed by atoms with Crippen molar-refractivity contribution >= 4 is 35.0 Å². The zero-order chi connectivity index (χ0) is 8.97. The Hall–Kier alpha value is -0.250. The van der Waals surface area contributed by atoms with Crippen molar-refractivity contribution in [2.24, 2.45) is 0 Å². The van der Waals surface area contributed by atoms with E-state index in [1.807, 2.05) is 0 Å². The zero-order valence-corrected chi connectivity index (χ0v) is 8.46. The summed E-state index contributed by atoms with van der Waals surface area (Å²) in [5, 5.41) is 1.28. The number of hydrogen-bond acceptors (Lipinski definition) is 3. The summed E-state index contributed by atoms with van der Waals surface area (Å²) in [4.78, 5) is 7.91. The third-order valence-electron chi connectivity index (χ3n) is 1.01. The second-order valence-electron chi connectivity index (χ2n) is 1.89. The van der Waals surface area contributed by atoms with Crippen LogP contribution in [-0.2, 0) is 0 Å². The Bertz CT molecular complexity index is 291. The largest absolute Gasteiger partial charge is 0.229 e. The summed E-state index contributed by atoms with van der Waals surface area (Å²) in [6.07, 6.45) is 3.26. The van der Waals surface area contributed by atoms with Gasteiger partial charge in [0.05, 0.1) is 11.2 Å². The predicted octanol–water partition coefficient (Wildman–Crippen LogP) is 3.06. The number of nitrogens with zero attached hydrogens (tertiary/aromatic N) is 2. The van der Waals surface area contributed by atoms with Gasteiger partial charge in [-0.25, -0.2) is 9.97 Å². The van der Waals surface area contributed by atoms with Gasteiger partial charge in [-0.1, -0.05) is 41.0 Å². The molecule has 1 rings (SSSR count). The van der Waals surface area contributed by atoms with Crippen molar-refractivity contribution in [3.05, 3.63) is 29.0 Å². The molecule has 0 radical (unpaired) electrons. The molecule has 0 aliphatic heterocycles. The molecular formula is C7H6Cl2N2S. The van der Waals surface area contributed by atoms with E-state index < -0.39 is 0 Å². The van der Waals surface area contributed by atoms with E-state index in [4.69, 9.17) is 23.2 Å². The van der Waals surface area contributed by atoms with E-state index in [2.05, 4.69) is 16.5 Å². The minimum atomic E-state index is 0.290. The minimum Gasteiger partial charge on any atom is -0.229 e. The molecule has 0 fully saturated rings. The molecule has 0 spiro atoms. The predicted molar refractivity (Wildman–Crippen MR) is 53.0 cm³/mol. The molecule has 0 bridgehead atoms. The highest BCUT2D eigenvalue weighted by atomic mass is 35.5. The molecule has 0 N–H and O–H groups in total. The number of aromatic nitrogens is 2. The Morgan fingerprint density at radius 2 is 2.33 bits per heavy atom. The number of rotatable bonds is 3. The lowest BCUT2D eigenvalue weighted by Gasteiger charge is -1.97. The van der Waals surface area contributed by atoms with Crippen LogP contribution in [0, 0.1) is 0 Å². The summed E-state index contributed by atoms with van der Waals surface area (Å²) in [7, 11) is 0. The maximum absolute atomic E-state index is 5.67. The Kier molecular flexibility index (Phi) is 3.85. The second kappa shape index (κ2) is 4.70. The normalized spacial score (nSPS) is 9.83. The fourth-order valence-corrected chi connectivity index (χ4v) is 1.35. The molecule has 5 heteroatoms. The first-order chi connectivity index (χ1) is 5.74.